The van der Waals surface area contributed by atoms with Crippen molar-refractivity contribution in [1.29, 1.82) is 0 Å². The van der Waals surface area contributed by atoms with Gasteiger partial charge in [-0.1, -0.05) is 6.92 Å². The first-order valence-corrected chi connectivity index (χ1v) is 7.37. The summed E-state index contributed by atoms with van der Waals surface area (Å²) in [5.74, 6) is 2.75. The highest BCUT2D eigenvalue weighted by atomic mass is 79.9. The zero-order chi connectivity index (χ0) is 12.0. The van der Waals surface area contributed by atoms with Crippen LogP contribution in [0.25, 0.3) is 0 Å². The molecule has 3 heterocycles. The molecule has 17 heavy (non-hydrogen) atoms. The minimum Gasteiger partial charge on any atom is -0.330 e. The fourth-order valence-electron chi connectivity index (χ4n) is 3.16. The van der Waals surface area contributed by atoms with Crippen molar-refractivity contribution in [2.75, 3.05) is 20.1 Å². The summed E-state index contributed by atoms with van der Waals surface area (Å²) < 4.78 is 3.58. The zero-order valence-corrected chi connectivity index (χ0v) is 12.2. The molecule has 0 N–H and O–H groups in total. The maximum absolute atomic E-state index is 4.80. The van der Waals surface area contributed by atoms with Crippen molar-refractivity contribution < 1.29 is 0 Å². The Labute approximate surface area is 111 Å². The van der Waals surface area contributed by atoms with Crippen molar-refractivity contribution in [3.63, 3.8) is 0 Å². The highest BCUT2D eigenvalue weighted by Crippen LogP contribution is 2.33. The first kappa shape index (κ1) is 11.7. The summed E-state index contributed by atoms with van der Waals surface area (Å²) in [5.41, 5.74) is 1.42. The second kappa shape index (κ2) is 4.39. The minimum absolute atomic E-state index is 0.635. The van der Waals surface area contributed by atoms with Gasteiger partial charge in [-0.2, -0.15) is 0 Å². The average Bonchev–Trinajstić information content (AvgIpc) is 2.83. The molecule has 0 aliphatic carbocycles. The zero-order valence-electron chi connectivity index (χ0n) is 10.6. The highest BCUT2D eigenvalue weighted by Gasteiger charge is 2.29. The highest BCUT2D eigenvalue weighted by molar-refractivity contribution is 9.10. The van der Waals surface area contributed by atoms with Crippen LogP contribution < -0.4 is 0 Å². The number of imidazole rings is 1. The SMILES string of the molecule is CC1CCc2c(Br)nc(C3CCN(C)C3)n2C1. The van der Waals surface area contributed by atoms with Crippen molar-refractivity contribution in [1.82, 2.24) is 14.5 Å². The number of likely N-dealkylation sites (tertiary alicyclic amines) is 1. The third-order valence-corrected chi connectivity index (χ3v) is 4.81. The molecule has 94 valence electrons. The average molecular weight is 298 g/mol. The number of hydrogen-bond donors (Lipinski definition) is 0. The molecule has 1 aromatic heterocycles. The molecule has 0 saturated carbocycles. The summed E-state index contributed by atoms with van der Waals surface area (Å²) in [6.45, 7) is 5.88. The molecule has 2 aliphatic heterocycles. The summed E-state index contributed by atoms with van der Waals surface area (Å²) >= 11 is 3.64. The summed E-state index contributed by atoms with van der Waals surface area (Å²) in [5, 5.41) is 0. The van der Waals surface area contributed by atoms with Crippen LogP contribution in [0.4, 0.5) is 0 Å². The third kappa shape index (κ3) is 2.06. The molecule has 0 spiro atoms. The van der Waals surface area contributed by atoms with Crippen LogP contribution in [-0.4, -0.2) is 34.6 Å². The van der Waals surface area contributed by atoms with Crippen LogP contribution in [0.15, 0.2) is 4.60 Å². The lowest BCUT2D eigenvalue weighted by Gasteiger charge is -2.24. The quantitative estimate of drug-likeness (QED) is 0.795. The van der Waals surface area contributed by atoms with Gasteiger partial charge in [-0.3, -0.25) is 0 Å². The van der Waals surface area contributed by atoms with Gasteiger partial charge >= 0.3 is 0 Å². The van der Waals surface area contributed by atoms with Gasteiger partial charge < -0.3 is 9.47 Å². The molecule has 0 aromatic carbocycles. The van der Waals surface area contributed by atoms with E-state index in [1.165, 1.54) is 37.3 Å². The van der Waals surface area contributed by atoms with Gasteiger partial charge in [0.2, 0.25) is 0 Å². The van der Waals surface area contributed by atoms with Crippen LogP contribution in [0, 0.1) is 5.92 Å². The molecule has 3 rings (SSSR count). The first-order valence-electron chi connectivity index (χ1n) is 6.58. The van der Waals surface area contributed by atoms with Crippen molar-refractivity contribution in [2.24, 2.45) is 5.92 Å². The molecule has 1 saturated heterocycles. The van der Waals surface area contributed by atoms with Gasteiger partial charge in [0.25, 0.3) is 0 Å². The second-order valence-corrected chi connectivity index (χ2v) is 6.46. The summed E-state index contributed by atoms with van der Waals surface area (Å²) in [6.07, 6.45) is 3.74. The third-order valence-electron chi connectivity index (χ3n) is 4.18. The molecule has 2 atom stereocenters. The number of fused-ring (bicyclic) bond motifs is 1. The number of likely N-dealkylation sites (N-methyl/N-ethyl adjacent to an activating group) is 1. The number of nitrogens with zero attached hydrogens (tertiary/aromatic N) is 3. The van der Waals surface area contributed by atoms with Crippen molar-refractivity contribution >= 4 is 15.9 Å². The fraction of sp³-hybridized carbons (Fsp3) is 0.769. The van der Waals surface area contributed by atoms with Gasteiger partial charge in [0, 0.05) is 19.0 Å². The summed E-state index contributed by atoms with van der Waals surface area (Å²) in [4.78, 5) is 7.21. The van der Waals surface area contributed by atoms with E-state index in [2.05, 4.69) is 39.4 Å². The van der Waals surface area contributed by atoms with Gasteiger partial charge in [-0.25, -0.2) is 4.98 Å². The van der Waals surface area contributed by atoms with E-state index in [9.17, 15) is 0 Å². The monoisotopic (exact) mass is 297 g/mol. The van der Waals surface area contributed by atoms with Gasteiger partial charge in [-0.05, 0) is 54.7 Å². The molecule has 1 fully saturated rings. The molecule has 2 unspecified atom stereocenters. The molecule has 4 heteroatoms. The lowest BCUT2D eigenvalue weighted by molar-refractivity contribution is 0.376. The molecular formula is C13H20BrN3. The Morgan fingerprint density at radius 1 is 1.29 bits per heavy atom. The van der Waals surface area contributed by atoms with E-state index in [4.69, 9.17) is 4.98 Å². The van der Waals surface area contributed by atoms with Gasteiger partial charge in [-0.15, -0.1) is 0 Å². The normalized spacial score (nSPS) is 29.6. The van der Waals surface area contributed by atoms with Crippen molar-refractivity contribution in [2.45, 2.75) is 38.6 Å². The molecular weight excluding hydrogens is 278 g/mol. The number of hydrogen-bond acceptors (Lipinski definition) is 2. The van der Waals surface area contributed by atoms with Crippen LogP contribution in [-0.2, 0) is 13.0 Å². The van der Waals surface area contributed by atoms with Crippen molar-refractivity contribution in [3.8, 4) is 0 Å². The van der Waals surface area contributed by atoms with Gasteiger partial charge in [0.1, 0.15) is 10.4 Å². The van der Waals surface area contributed by atoms with Gasteiger partial charge in [0.05, 0.1) is 5.69 Å². The summed E-state index contributed by atoms with van der Waals surface area (Å²) in [7, 11) is 2.21. The second-order valence-electron chi connectivity index (χ2n) is 5.71. The smallest absolute Gasteiger partial charge is 0.127 e. The van der Waals surface area contributed by atoms with E-state index in [1.54, 1.807) is 0 Å². The Bertz CT molecular complexity index is 427. The fourth-order valence-corrected chi connectivity index (χ4v) is 3.75. The van der Waals surface area contributed by atoms with E-state index in [0.717, 1.165) is 23.6 Å². The first-order chi connectivity index (χ1) is 8.15. The predicted octanol–water partition coefficient (Wildman–Crippen LogP) is 2.65. The Kier molecular flexibility index (Phi) is 3.03. The van der Waals surface area contributed by atoms with Crippen LogP contribution in [0.3, 0.4) is 0 Å². The standard InChI is InChI=1S/C13H20BrN3/c1-9-3-4-11-12(14)15-13(17(11)7-9)10-5-6-16(2)8-10/h9-10H,3-8H2,1-2H3. The summed E-state index contributed by atoms with van der Waals surface area (Å²) in [6, 6.07) is 0. The Morgan fingerprint density at radius 3 is 2.82 bits per heavy atom. The Morgan fingerprint density at radius 2 is 2.12 bits per heavy atom. The number of rotatable bonds is 1. The largest absolute Gasteiger partial charge is 0.330 e. The molecule has 3 nitrogen and oxygen atoms in total. The lowest BCUT2D eigenvalue weighted by Crippen LogP contribution is -2.22. The van der Waals surface area contributed by atoms with E-state index in [-0.39, 0.29) is 0 Å². The Hall–Kier alpha value is -0.350. The minimum atomic E-state index is 0.635. The molecule has 1 aromatic rings. The van der Waals surface area contributed by atoms with Gasteiger partial charge in [0.15, 0.2) is 0 Å². The van der Waals surface area contributed by atoms with E-state index in [0.29, 0.717) is 5.92 Å². The number of halogens is 1. The molecule has 0 bridgehead atoms. The maximum atomic E-state index is 4.80. The topological polar surface area (TPSA) is 21.1 Å². The van der Waals surface area contributed by atoms with Crippen LogP contribution >= 0.6 is 15.9 Å². The maximum Gasteiger partial charge on any atom is 0.127 e. The molecule has 0 amide bonds. The lowest BCUT2D eigenvalue weighted by atomic mass is 9.99. The predicted molar refractivity (Wildman–Crippen MR) is 72.3 cm³/mol. The van der Waals surface area contributed by atoms with Crippen LogP contribution in [0.1, 0.15) is 37.2 Å². The van der Waals surface area contributed by atoms with Crippen LogP contribution in [0.5, 0.6) is 0 Å². The van der Waals surface area contributed by atoms with E-state index >= 15 is 0 Å². The number of aromatic nitrogens is 2. The Balaban J connectivity index is 1.95. The van der Waals surface area contributed by atoms with Crippen LogP contribution in [0.2, 0.25) is 0 Å². The van der Waals surface area contributed by atoms with E-state index < -0.39 is 0 Å². The van der Waals surface area contributed by atoms with Crippen molar-refractivity contribution in [3.05, 3.63) is 16.1 Å². The van der Waals surface area contributed by atoms with E-state index in [1.807, 2.05) is 0 Å². The molecule has 2 aliphatic rings. The molecule has 0 radical (unpaired) electrons.